The number of pyridine rings is 1. The molecule has 22 heavy (non-hydrogen) atoms. The molecule has 1 N–H and O–H groups in total. The van der Waals surface area contributed by atoms with Gasteiger partial charge in [-0.3, -0.25) is 15.1 Å². The summed E-state index contributed by atoms with van der Waals surface area (Å²) in [7, 11) is 0. The lowest BCUT2D eigenvalue weighted by Crippen LogP contribution is -2.10. The Balaban J connectivity index is 1.80. The van der Waals surface area contributed by atoms with Crippen LogP contribution in [0.3, 0.4) is 0 Å². The Morgan fingerprint density at radius 1 is 1.32 bits per heavy atom. The van der Waals surface area contributed by atoms with E-state index in [0.29, 0.717) is 12.3 Å². The first-order valence-electron chi connectivity index (χ1n) is 6.92. The van der Waals surface area contributed by atoms with Crippen LogP contribution in [0, 0.1) is 0 Å². The fourth-order valence-electron chi connectivity index (χ4n) is 1.58. The Morgan fingerprint density at radius 2 is 2.14 bits per heavy atom. The molecule has 6 heteroatoms. The molecule has 0 saturated heterocycles. The van der Waals surface area contributed by atoms with Gasteiger partial charge in [0.2, 0.25) is 0 Å². The zero-order valence-corrected chi connectivity index (χ0v) is 12.2. The van der Waals surface area contributed by atoms with Crippen molar-refractivity contribution in [1.29, 1.82) is 0 Å². The van der Waals surface area contributed by atoms with Crippen LogP contribution in [-0.4, -0.2) is 23.9 Å². The van der Waals surface area contributed by atoms with E-state index in [1.54, 1.807) is 48.8 Å². The van der Waals surface area contributed by atoms with Crippen molar-refractivity contribution < 1.29 is 14.4 Å². The summed E-state index contributed by atoms with van der Waals surface area (Å²) < 4.78 is 5.46. The Hall–Kier alpha value is -2.89. The van der Waals surface area contributed by atoms with Gasteiger partial charge in [0.25, 0.3) is 0 Å². The number of aromatic nitrogens is 1. The summed E-state index contributed by atoms with van der Waals surface area (Å²) in [5.41, 5.74) is 1.35. The molecule has 114 valence electrons. The number of anilines is 1. The quantitative estimate of drug-likeness (QED) is 0.503. The van der Waals surface area contributed by atoms with Gasteiger partial charge >= 0.3 is 6.09 Å². The maximum absolute atomic E-state index is 11.6. The van der Waals surface area contributed by atoms with Crippen molar-refractivity contribution >= 4 is 18.0 Å². The number of hydrogen-bond acceptors (Lipinski definition) is 5. The average Bonchev–Trinajstić information content (AvgIpc) is 2.55. The molecule has 1 heterocycles. The number of rotatable bonds is 6. The van der Waals surface area contributed by atoms with Gasteiger partial charge in [-0.05, 0) is 36.8 Å². The van der Waals surface area contributed by atoms with Crippen LogP contribution < -0.4 is 10.1 Å². The third kappa shape index (κ3) is 5.24. The summed E-state index contributed by atoms with van der Waals surface area (Å²) in [6.07, 6.45) is 4.95. The molecule has 0 aliphatic heterocycles. The normalized spacial score (nSPS) is 10.4. The molecule has 1 amide bonds. The number of ether oxygens (including phenoxy) is 1. The minimum Gasteiger partial charge on any atom is -0.494 e. The van der Waals surface area contributed by atoms with E-state index in [9.17, 15) is 4.79 Å². The minimum absolute atomic E-state index is 0.602. The lowest BCUT2D eigenvalue weighted by molar-refractivity contribution is 0.167. The summed E-state index contributed by atoms with van der Waals surface area (Å²) in [4.78, 5) is 20.2. The predicted molar refractivity (Wildman–Crippen MR) is 84.2 cm³/mol. The molecule has 0 radical (unpaired) electrons. The minimum atomic E-state index is -0.664. The van der Waals surface area contributed by atoms with Gasteiger partial charge in [-0.2, -0.15) is 0 Å². The van der Waals surface area contributed by atoms with Crippen molar-refractivity contribution in [2.75, 3.05) is 11.9 Å². The van der Waals surface area contributed by atoms with Crippen molar-refractivity contribution in [1.82, 2.24) is 4.98 Å². The number of carbonyl (C=O) groups excluding carboxylic acids is 1. The summed E-state index contributed by atoms with van der Waals surface area (Å²) in [5.74, 6) is 0.760. The molecule has 2 aromatic rings. The van der Waals surface area contributed by atoms with Crippen LogP contribution in [0.15, 0.2) is 53.9 Å². The summed E-state index contributed by atoms with van der Waals surface area (Å²) in [5, 5.41) is 6.16. The monoisotopic (exact) mass is 299 g/mol. The smallest absolute Gasteiger partial charge is 0.437 e. The highest BCUT2D eigenvalue weighted by Gasteiger charge is 2.02. The highest BCUT2D eigenvalue weighted by molar-refractivity contribution is 5.85. The third-order valence-corrected chi connectivity index (χ3v) is 2.60. The van der Waals surface area contributed by atoms with Gasteiger partial charge in [-0.1, -0.05) is 18.1 Å². The fraction of sp³-hybridized carbons (Fsp3) is 0.188. The lowest BCUT2D eigenvalue weighted by atomic mass is 10.3. The Morgan fingerprint density at radius 3 is 2.82 bits per heavy atom. The van der Waals surface area contributed by atoms with Crippen LogP contribution in [-0.2, 0) is 4.84 Å². The van der Waals surface area contributed by atoms with E-state index in [0.717, 1.165) is 17.7 Å². The Bertz CT molecular complexity index is 612. The van der Waals surface area contributed by atoms with Crippen LogP contribution in [0.25, 0.3) is 0 Å². The molecule has 1 aromatic carbocycles. The second kappa shape index (κ2) is 8.41. The lowest BCUT2D eigenvalue weighted by Gasteiger charge is -2.06. The molecular weight excluding hydrogens is 282 g/mol. The molecule has 0 spiro atoms. The summed E-state index contributed by atoms with van der Waals surface area (Å²) in [6.45, 7) is 2.70. The van der Waals surface area contributed by atoms with E-state index in [1.165, 1.54) is 6.21 Å². The molecule has 0 bridgehead atoms. The molecular formula is C16H17N3O3. The molecule has 0 aliphatic carbocycles. The number of amides is 1. The van der Waals surface area contributed by atoms with Gasteiger partial charge in [-0.25, -0.2) is 4.79 Å². The van der Waals surface area contributed by atoms with Crippen molar-refractivity contribution in [3.05, 3.63) is 54.4 Å². The zero-order chi connectivity index (χ0) is 15.6. The maximum Gasteiger partial charge on any atom is 0.437 e. The zero-order valence-electron chi connectivity index (χ0n) is 12.2. The second-order valence-electron chi connectivity index (χ2n) is 4.40. The molecule has 2 rings (SSSR count). The maximum atomic E-state index is 11.6. The van der Waals surface area contributed by atoms with E-state index >= 15 is 0 Å². The summed E-state index contributed by atoms with van der Waals surface area (Å²) >= 11 is 0. The number of nitrogens with zero attached hydrogens (tertiary/aromatic N) is 2. The first kappa shape index (κ1) is 15.5. The molecule has 0 aliphatic rings. The number of carbonyl (C=O) groups is 1. The van der Waals surface area contributed by atoms with Gasteiger partial charge in [0.15, 0.2) is 0 Å². The molecule has 0 atom stereocenters. The molecule has 0 saturated carbocycles. The van der Waals surface area contributed by atoms with Crippen molar-refractivity contribution in [3.63, 3.8) is 0 Å². The van der Waals surface area contributed by atoms with Crippen LogP contribution >= 0.6 is 0 Å². The predicted octanol–water partition coefficient (Wildman–Crippen LogP) is 3.45. The Kier molecular flexibility index (Phi) is 5.92. The van der Waals surface area contributed by atoms with Gasteiger partial charge in [0, 0.05) is 23.6 Å². The van der Waals surface area contributed by atoms with E-state index < -0.39 is 6.09 Å². The summed E-state index contributed by atoms with van der Waals surface area (Å²) in [6, 6.07) is 10.6. The van der Waals surface area contributed by atoms with Gasteiger partial charge in [-0.15, -0.1) is 0 Å². The Labute approximate surface area is 128 Å². The number of benzene rings is 1. The molecule has 1 aromatic heterocycles. The van der Waals surface area contributed by atoms with Crippen molar-refractivity contribution in [2.24, 2.45) is 5.16 Å². The van der Waals surface area contributed by atoms with E-state index in [1.807, 2.05) is 6.92 Å². The van der Waals surface area contributed by atoms with Gasteiger partial charge < -0.3 is 4.74 Å². The standard InChI is InChI=1S/C16H17N3O3/c1-2-10-21-15-7-5-14(6-8-15)19-16(20)22-18-12-13-4-3-9-17-11-13/h3-9,11-12H,2,10H2,1H3,(H,19,20). The van der Waals surface area contributed by atoms with E-state index in [2.05, 4.69) is 15.5 Å². The topological polar surface area (TPSA) is 72.8 Å². The third-order valence-electron chi connectivity index (χ3n) is 2.60. The fourth-order valence-corrected chi connectivity index (χ4v) is 1.58. The average molecular weight is 299 g/mol. The first-order chi connectivity index (χ1) is 10.8. The van der Waals surface area contributed by atoms with Crippen LogP contribution in [0.1, 0.15) is 18.9 Å². The largest absolute Gasteiger partial charge is 0.494 e. The number of nitrogens with one attached hydrogen (secondary N) is 1. The number of oxime groups is 1. The second-order valence-corrected chi connectivity index (χ2v) is 4.40. The van der Waals surface area contributed by atoms with Crippen molar-refractivity contribution in [3.8, 4) is 5.75 Å². The van der Waals surface area contributed by atoms with Crippen LogP contribution in [0.4, 0.5) is 10.5 Å². The van der Waals surface area contributed by atoms with E-state index in [-0.39, 0.29) is 0 Å². The van der Waals surface area contributed by atoms with Crippen LogP contribution in [0.5, 0.6) is 5.75 Å². The molecule has 6 nitrogen and oxygen atoms in total. The van der Waals surface area contributed by atoms with Gasteiger partial charge in [0.05, 0.1) is 12.8 Å². The molecule has 0 unspecified atom stereocenters. The van der Waals surface area contributed by atoms with Gasteiger partial charge in [0.1, 0.15) is 5.75 Å². The van der Waals surface area contributed by atoms with Crippen molar-refractivity contribution in [2.45, 2.75) is 13.3 Å². The SMILES string of the molecule is CCCOc1ccc(NC(=O)ON=Cc2cccnc2)cc1. The highest BCUT2D eigenvalue weighted by Crippen LogP contribution is 2.16. The first-order valence-corrected chi connectivity index (χ1v) is 6.92. The number of hydrogen-bond donors (Lipinski definition) is 1. The highest BCUT2D eigenvalue weighted by atomic mass is 16.7. The molecule has 0 fully saturated rings. The van der Waals surface area contributed by atoms with Crippen LogP contribution in [0.2, 0.25) is 0 Å². The van der Waals surface area contributed by atoms with E-state index in [4.69, 9.17) is 9.57 Å².